The molecular formula is C12H19N3O4S. The summed E-state index contributed by atoms with van der Waals surface area (Å²) in [6, 6.07) is -0.244. The van der Waals surface area contributed by atoms with E-state index < -0.39 is 16.0 Å². The van der Waals surface area contributed by atoms with Crippen molar-refractivity contribution in [2.75, 3.05) is 6.54 Å². The minimum atomic E-state index is -3.63. The zero-order valence-electron chi connectivity index (χ0n) is 11.4. The van der Waals surface area contributed by atoms with Gasteiger partial charge in [-0.05, 0) is 19.3 Å². The number of aliphatic carboxylic acids is 1. The first kappa shape index (κ1) is 15.0. The summed E-state index contributed by atoms with van der Waals surface area (Å²) >= 11 is 0. The Morgan fingerprint density at radius 3 is 2.85 bits per heavy atom. The molecule has 1 N–H and O–H groups in total. The van der Waals surface area contributed by atoms with Crippen LogP contribution in [0, 0.1) is 0 Å². The van der Waals surface area contributed by atoms with Gasteiger partial charge >= 0.3 is 5.97 Å². The normalized spacial score (nSPS) is 20.9. The molecule has 8 heteroatoms. The fraction of sp³-hybridized carbons (Fsp3) is 0.667. The molecular weight excluding hydrogens is 282 g/mol. The highest BCUT2D eigenvalue weighted by Crippen LogP contribution is 2.27. The van der Waals surface area contributed by atoms with E-state index in [1.807, 2.05) is 0 Å². The lowest BCUT2D eigenvalue weighted by molar-refractivity contribution is -0.137. The third-order valence-corrected chi connectivity index (χ3v) is 5.36. The van der Waals surface area contributed by atoms with Gasteiger partial charge in [0.05, 0.1) is 6.33 Å². The van der Waals surface area contributed by atoms with Crippen LogP contribution in [-0.2, 0) is 21.9 Å². The molecule has 0 saturated carbocycles. The molecule has 112 valence electrons. The van der Waals surface area contributed by atoms with Crippen LogP contribution in [0.1, 0.15) is 32.1 Å². The molecule has 1 aliphatic heterocycles. The van der Waals surface area contributed by atoms with Gasteiger partial charge in [-0.3, -0.25) is 4.79 Å². The Hall–Kier alpha value is -1.41. The van der Waals surface area contributed by atoms with Crippen molar-refractivity contribution in [1.29, 1.82) is 0 Å². The van der Waals surface area contributed by atoms with Gasteiger partial charge in [0, 0.05) is 32.3 Å². The lowest BCUT2D eigenvalue weighted by Crippen LogP contribution is -2.44. The molecule has 2 heterocycles. The number of imidazole rings is 1. The Balaban J connectivity index is 2.20. The third kappa shape index (κ3) is 3.18. The minimum absolute atomic E-state index is 0.0150. The van der Waals surface area contributed by atoms with Gasteiger partial charge in [0.15, 0.2) is 5.03 Å². The highest BCUT2D eigenvalue weighted by molar-refractivity contribution is 7.89. The van der Waals surface area contributed by atoms with Crippen LogP contribution in [0.4, 0.5) is 0 Å². The van der Waals surface area contributed by atoms with Crippen LogP contribution >= 0.6 is 0 Å². The maximum Gasteiger partial charge on any atom is 0.303 e. The molecule has 1 fully saturated rings. The molecule has 1 unspecified atom stereocenters. The number of aromatic nitrogens is 2. The van der Waals surface area contributed by atoms with Crippen molar-refractivity contribution in [2.24, 2.45) is 7.05 Å². The van der Waals surface area contributed by atoms with E-state index in [1.54, 1.807) is 11.6 Å². The molecule has 1 aliphatic rings. The molecule has 0 bridgehead atoms. The topological polar surface area (TPSA) is 92.5 Å². The predicted octanol–water partition coefficient (Wildman–Crippen LogP) is 0.828. The molecule has 0 aliphatic carbocycles. The second kappa shape index (κ2) is 5.92. The second-order valence-electron chi connectivity index (χ2n) is 5.08. The average molecular weight is 301 g/mol. The summed E-state index contributed by atoms with van der Waals surface area (Å²) in [6.07, 6.45) is 5.69. The van der Waals surface area contributed by atoms with Crippen molar-refractivity contribution < 1.29 is 18.3 Å². The Morgan fingerprint density at radius 1 is 1.50 bits per heavy atom. The number of sulfonamides is 1. The van der Waals surface area contributed by atoms with E-state index in [9.17, 15) is 13.2 Å². The molecule has 1 aromatic rings. The van der Waals surface area contributed by atoms with Gasteiger partial charge in [0.1, 0.15) is 0 Å². The molecule has 20 heavy (non-hydrogen) atoms. The molecule has 0 spiro atoms. The predicted molar refractivity (Wildman–Crippen MR) is 71.6 cm³/mol. The lowest BCUT2D eigenvalue weighted by atomic mass is 10.0. The van der Waals surface area contributed by atoms with Crippen LogP contribution in [-0.4, -0.2) is 45.9 Å². The summed E-state index contributed by atoms with van der Waals surface area (Å²) in [5, 5.41) is 8.80. The van der Waals surface area contributed by atoms with Gasteiger partial charge in [-0.15, -0.1) is 0 Å². The van der Waals surface area contributed by atoms with E-state index >= 15 is 0 Å². The first-order valence-electron chi connectivity index (χ1n) is 6.63. The zero-order valence-corrected chi connectivity index (χ0v) is 12.2. The van der Waals surface area contributed by atoms with E-state index in [1.165, 1.54) is 16.8 Å². The van der Waals surface area contributed by atoms with E-state index in [4.69, 9.17) is 5.11 Å². The second-order valence-corrected chi connectivity index (χ2v) is 6.91. The maximum absolute atomic E-state index is 12.6. The molecule has 0 radical (unpaired) electrons. The SMILES string of the molecule is Cn1cnc(S(=O)(=O)N2CCCCC2CCC(=O)O)c1. The van der Waals surface area contributed by atoms with Crippen LogP contribution < -0.4 is 0 Å². The monoisotopic (exact) mass is 301 g/mol. The van der Waals surface area contributed by atoms with Gasteiger partial charge in [-0.25, -0.2) is 13.4 Å². The molecule has 7 nitrogen and oxygen atoms in total. The van der Waals surface area contributed by atoms with Crippen molar-refractivity contribution in [3.63, 3.8) is 0 Å². The number of carboxylic acid groups (broad SMARTS) is 1. The van der Waals surface area contributed by atoms with Crippen LogP contribution in [0.25, 0.3) is 0 Å². The van der Waals surface area contributed by atoms with Crippen molar-refractivity contribution >= 4 is 16.0 Å². The number of carbonyl (C=O) groups is 1. The summed E-state index contributed by atoms with van der Waals surface area (Å²) in [4.78, 5) is 14.6. The lowest BCUT2D eigenvalue weighted by Gasteiger charge is -2.33. The molecule has 1 aromatic heterocycles. The third-order valence-electron chi connectivity index (χ3n) is 3.52. The smallest absolute Gasteiger partial charge is 0.303 e. The van der Waals surface area contributed by atoms with Gasteiger partial charge in [-0.2, -0.15) is 4.31 Å². The van der Waals surface area contributed by atoms with Crippen LogP contribution in [0.2, 0.25) is 0 Å². The molecule has 0 amide bonds. The minimum Gasteiger partial charge on any atom is -0.481 e. The standard InChI is InChI=1S/C12H19N3O4S/c1-14-8-11(13-9-14)20(18,19)15-7-3-2-4-10(15)5-6-12(16)17/h8-10H,2-7H2,1H3,(H,16,17). The summed E-state index contributed by atoms with van der Waals surface area (Å²) < 4.78 is 28.1. The molecule has 1 saturated heterocycles. The average Bonchev–Trinajstić information content (AvgIpc) is 2.84. The number of carboxylic acids is 1. The van der Waals surface area contributed by atoms with Crippen molar-refractivity contribution in [1.82, 2.24) is 13.9 Å². The Labute approximate surface area is 118 Å². The molecule has 0 aromatic carbocycles. The van der Waals surface area contributed by atoms with Crippen molar-refractivity contribution in [2.45, 2.75) is 43.2 Å². The molecule has 2 rings (SSSR count). The summed E-state index contributed by atoms with van der Waals surface area (Å²) in [7, 11) is -1.92. The van der Waals surface area contributed by atoms with Gasteiger partial charge in [0.2, 0.25) is 0 Å². The van der Waals surface area contributed by atoms with Gasteiger partial charge < -0.3 is 9.67 Å². The Morgan fingerprint density at radius 2 is 2.25 bits per heavy atom. The van der Waals surface area contributed by atoms with Gasteiger partial charge in [-0.1, -0.05) is 6.42 Å². The Kier molecular flexibility index (Phi) is 4.44. The van der Waals surface area contributed by atoms with Gasteiger partial charge in [0.25, 0.3) is 10.0 Å². The number of nitrogens with zero attached hydrogens (tertiary/aromatic N) is 3. The highest BCUT2D eigenvalue weighted by atomic mass is 32.2. The van der Waals surface area contributed by atoms with E-state index in [0.29, 0.717) is 19.4 Å². The summed E-state index contributed by atoms with van der Waals surface area (Å²) in [5.41, 5.74) is 0. The number of hydrogen-bond acceptors (Lipinski definition) is 4. The number of hydrogen-bond donors (Lipinski definition) is 1. The quantitative estimate of drug-likeness (QED) is 0.869. The van der Waals surface area contributed by atoms with Crippen LogP contribution in [0.3, 0.4) is 0 Å². The van der Waals surface area contributed by atoms with Crippen molar-refractivity contribution in [3.8, 4) is 0 Å². The fourth-order valence-electron chi connectivity index (χ4n) is 2.51. The largest absolute Gasteiger partial charge is 0.481 e. The Bertz CT molecular complexity index is 581. The van der Waals surface area contributed by atoms with Crippen molar-refractivity contribution in [3.05, 3.63) is 12.5 Å². The first-order valence-corrected chi connectivity index (χ1v) is 8.07. The molecule has 1 atom stereocenters. The summed E-state index contributed by atoms with van der Waals surface area (Å²) in [6.45, 7) is 0.434. The fourth-order valence-corrected chi connectivity index (χ4v) is 4.20. The number of piperidine rings is 1. The van der Waals surface area contributed by atoms with E-state index in [2.05, 4.69) is 4.98 Å². The number of rotatable bonds is 5. The highest BCUT2D eigenvalue weighted by Gasteiger charge is 2.34. The van der Waals surface area contributed by atoms with E-state index in [0.717, 1.165) is 12.8 Å². The number of aryl methyl sites for hydroxylation is 1. The first-order chi connectivity index (χ1) is 9.41. The van der Waals surface area contributed by atoms with Crippen LogP contribution in [0.5, 0.6) is 0 Å². The maximum atomic E-state index is 12.6. The summed E-state index contributed by atoms with van der Waals surface area (Å²) in [5.74, 6) is -0.897. The zero-order chi connectivity index (χ0) is 14.8. The van der Waals surface area contributed by atoms with Crippen LogP contribution in [0.15, 0.2) is 17.6 Å². The van der Waals surface area contributed by atoms with E-state index in [-0.39, 0.29) is 17.5 Å².